The number of piperidine rings is 1. The summed E-state index contributed by atoms with van der Waals surface area (Å²) < 4.78 is 0. The lowest BCUT2D eigenvalue weighted by molar-refractivity contribution is 0.0687. The Morgan fingerprint density at radius 1 is 1.07 bits per heavy atom. The molecule has 1 saturated heterocycles. The van der Waals surface area contributed by atoms with Gasteiger partial charge in [0.1, 0.15) is 0 Å². The average molecular weight is 385 g/mol. The van der Waals surface area contributed by atoms with Crippen molar-refractivity contribution in [3.63, 3.8) is 0 Å². The van der Waals surface area contributed by atoms with E-state index in [9.17, 15) is 9.59 Å². The molecule has 0 spiro atoms. The summed E-state index contributed by atoms with van der Waals surface area (Å²) in [6.07, 6.45) is 2.86. The number of amides is 2. The van der Waals surface area contributed by atoms with Crippen LogP contribution in [0.2, 0.25) is 5.02 Å². The molecule has 1 heterocycles. The predicted octanol–water partition coefficient (Wildman–Crippen LogP) is 4.32. The van der Waals surface area contributed by atoms with Crippen molar-refractivity contribution in [3.8, 4) is 0 Å². The third kappa shape index (κ3) is 5.10. The van der Waals surface area contributed by atoms with Gasteiger partial charge in [0, 0.05) is 25.2 Å². The zero-order valence-electron chi connectivity index (χ0n) is 15.6. The van der Waals surface area contributed by atoms with Gasteiger partial charge >= 0.3 is 0 Å². The molecular weight excluding hydrogens is 360 g/mol. The fourth-order valence-electron chi connectivity index (χ4n) is 3.43. The molecule has 2 aromatic carbocycles. The van der Waals surface area contributed by atoms with Crippen molar-refractivity contribution in [1.82, 2.24) is 10.2 Å². The molecule has 0 atom stereocenters. The van der Waals surface area contributed by atoms with Crippen LogP contribution in [0.3, 0.4) is 0 Å². The molecule has 3 rings (SSSR count). The lowest BCUT2D eigenvalue weighted by atomic mass is 9.93. The van der Waals surface area contributed by atoms with E-state index in [1.165, 1.54) is 0 Å². The van der Waals surface area contributed by atoms with E-state index in [1.807, 2.05) is 48.2 Å². The van der Waals surface area contributed by atoms with Gasteiger partial charge in [0.15, 0.2) is 0 Å². The van der Waals surface area contributed by atoms with Gasteiger partial charge in [-0.2, -0.15) is 0 Å². The standard InChI is InChI=1S/C22H25ClN2O2/c1-16-6-8-18(9-7-16)22(27)25-14-11-17(12-15-25)10-13-24-21(26)19-4-2-3-5-20(19)23/h2-9,17H,10-15H2,1H3,(H,24,26). The second-order valence-corrected chi connectivity index (χ2v) is 7.53. The lowest BCUT2D eigenvalue weighted by Gasteiger charge is -2.32. The van der Waals surface area contributed by atoms with Crippen LogP contribution in [0.15, 0.2) is 48.5 Å². The molecule has 1 aliphatic heterocycles. The van der Waals surface area contributed by atoms with Crippen molar-refractivity contribution in [2.75, 3.05) is 19.6 Å². The molecule has 4 nitrogen and oxygen atoms in total. The van der Waals surface area contributed by atoms with E-state index >= 15 is 0 Å². The minimum Gasteiger partial charge on any atom is -0.352 e. The number of carbonyl (C=O) groups excluding carboxylic acids is 2. The molecule has 1 aliphatic rings. The Balaban J connectivity index is 1.42. The summed E-state index contributed by atoms with van der Waals surface area (Å²) in [4.78, 5) is 26.7. The van der Waals surface area contributed by atoms with Crippen LogP contribution in [0.25, 0.3) is 0 Å². The Kier molecular flexibility index (Phi) is 6.51. The Morgan fingerprint density at radius 2 is 1.74 bits per heavy atom. The van der Waals surface area contributed by atoms with Crippen LogP contribution in [0.4, 0.5) is 0 Å². The first-order chi connectivity index (χ1) is 13.0. The number of nitrogens with zero attached hydrogens (tertiary/aromatic N) is 1. The smallest absolute Gasteiger partial charge is 0.253 e. The molecule has 2 aromatic rings. The SMILES string of the molecule is Cc1ccc(C(=O)N2CCC(CCNC(=O)c3ccccc3Cl)CC2)cc1. The molecule has 27 heavy (non-hydrogen) atoms. The van der Waals surface area contributed by atoms with Crippen LogP contribution in [0.5, 0.6) is 0 Å². The zero-order chi connectivity index (χ0) is 19.2. The molecule has 0 bridgehead atoms. The zero-order valence-corrected chi connectivity index (χ0v) is 16.3. The lowest BCUT2D eigenvalue weighted by Crippen LogP contribution is -2.39. The Morgan fingerprint density at radius 3 is 2.41 bits per heavy atom. The summed E-state index contributed by atoms with van der Waals surface area (Å²) >= 11 is 6.05. The van der Waals surface area contributed by atoms with Gasteiger partial charge in [-0.05, 0) is 56.4 Å². The fourth-order valence-corrected chi connectivity index (χ4v) is 3.66. The first kappa shape index (κ1) is 19.4. The van der Waals surface area contributed by atoms with Gasteiger partial charge in [0.2, 0.25) is 0 Å². The molecule has 1 fully saturated rings. The number of aryl methyl sites for hydroxylation is 1. The van der Waals surface area contributed by atoms with Gasteiger partial charge in [0.25, 0.3) is 11.8 Å². The van der Waals surface area contributed by atoms with Gasteiger partial charge in [0.05, 0.1) is 10.6 Å². The Bertz CT molecular complexity index is 796. The van der Waals surface area contributed by atoms with Crippen molar-refractivity contribution in [1.29, 1.82) is 0 Å². The Labute approximate surface area is 165 Å². The molecule has 5 heteroatoms. The van der Waals surface area contributed by atoms with Gasteiger partial charge in [-0.15, -0.1) is 0 Å². The maximum absolute atomic E-state index is 12.6. The molecule has 1 N–H and O–H groups in total. The fraction of sp³-hybridized carbons (Fsp3) is 0.364. The largest absolute Gasteiger partial charge is 0.352 e. The summed E-state index contributed by atoms with van der Waals surface area (Å²) in [6, 6.07) is 14.8. The average Bonchev–Trinajstić information content (AvgIpc) is 2.69. The van der Waals surface area contributed by atoms with E-state index in [0.29, 0.717) is 23.0 Å². The van der Waals surface area contributed by atoms with Crippen LogP contribution in [-0.2, 0) is 0 Å². The van der Waals surface area contributed by atoms with E-state index in [2.05, 4.69) is 5.32 Å². The second-order valence-electron chi connectivity index (χ2n) is 7.13. The summed E-state index contributed by atoms with van der Waals surface area (Å²) in [7, 11) is 0. The normalized spacial score (nSPS) is 14.8. The molecule has 2 amide bonds. The minimum atomic E-state index is -0.132. The van der Waals surface area contributed by atoms with Crippen molar-refractivity contribution < 1.29 is 9.59 Å². The topological polar surface area (TPSA) is 49.4 Å². The third-order valence-corrected chi connectivity index (χ3v) is 5.49. The van der Waals surface area contributed by atoms with Gasteiger partial charge in [-0.1, -0.05) is 41.4 Å². The van der Waals surface area contributed by atoms with E-state index in [4.69, 9.17) is 11.6 Å². The predicted molar refractivity (Wildman–Crippen MR) is 108 cm³/mol. The number of carbonyl (C=O) groups is 2. The summed E-state index contributed by atoms with van der Waals surface area (Å²) in [6.45, 7) is 4.19. The molecule has 0 aromatic heterocycles. The highest BCUT2D eigenvalue weighted by Crippen LogP contribution is 2.22. The second kappa shape index (κ2) is 9.05. The summed E-state index contributed by atoms with van der Waals surface area (Å²) in [5, 5.41) is 3.42. The quantitative estimate of drug-likeness (QED) is 0.834. The number of nitrogens with one attached hydrogen (secondary N) is 1. The number of hydrogen-bond acceptors (Lipinski definition) is 2. The van der Waals surface area contributed by atoms with Crippen molar-refractivity contribution in [2.45, 2.75) is 26.2 Å². The maximum atomic E-state index is 12.6. The molecule has 0 aliphatic carbocycles. The van der Waals surface area contributed by atoms with Crippen LogP contribution in [-0.4, -0.2) is 36.3 Å². The van der Waals surface area contributed by atoms with E-state index in [1.54, 1.807) is 12.1 Å². The molecule has 142 valence electrons. The highest BCUT2D eigenvalue weighted by atomic mass is 35.5. The minimum absolute atomic E-state index is 0.112. The first-order valence-corrected chi connectivity index (χ1v) is 9.81. The van der Waals surface area contributed by atoms with E-state index in [0.717, 1.165) is 43.5 Å². The van der Waals surface area contributed by atoms with Crippen LogP contribution < -0.4 is 5.32 Å². The monoisotopic (exact) mass is 384 g/mol. The highest BCUT2D eigenvalue weighted by molar-refractivity contribution is 6.33. The number of benzene rings is 2. The molecular formula is C22H25ClN2O2. The van der Waals surface area contributed by atoms with E-state index < -0.39 is 0 Å². The molecule has 0 unspecified atom stereocenters. The summed E-state index contributed by atoms with van der Waals surface area (Å²) in [5.41, 5.74) is 2.42. The number of likely N-dealkylation sites (tertiary alicyclic amines) is 1. The highest BCUT2D eigenvalue weighted by Gasteiger charge is 2.23. The van der Waals surface area contributed by atoms with Gasteiger partial charge < -0.3 is 10.2 Å². The van der Waals surface area contributed by atoms with Crippen LogP contribution in [0.1, 0.15) is 45.5 Å². The van der Waals surface area contributed by atoms with Crippen molar-refractivity contribution >= 4 is 23.4 Å². The first-order valence-electron chi connectivity index (χ1n) is 9.43. The molecule has 0 saturated carbocycles. The van der Waals surface area contributed by atoms with Gasteiger partial charge in [-0.3, -0.25) is 9.59 Å². The van der Waals surface area contributed by atoms with Crippen LogP contribution >= 0.6 is 11.6 Å². The molecule has 0 radical (unpaired) electrons. The van der Waals surface area contributed by atoms with Crippen molar-refractivity contribution in [2.24, 2.45) is 5.92 Å². The van der Waals surface area contributed by atoms with Gasteiger partial charge in [-0.25, -0.2) is 0 Å². The number of halogens is 1. The number of hydrogen-bond donors (Lipinski definition) is 1. The summed E-state index contributed by atoms with van der Waals surface area (Å²) in [5.74, 6) is 0.506. The Hall–Kier alpha value is -2.33. The van der Waals surface area contributed by atoms with E-state index in [-0.39, 0.29) is 11.8 Å². The van der Waals surface area contributed by atoms with Crippen LogP contribution in [0, 0.1) is 12.8 Å². The maximum Gasteiger partial charge on any atom is 0.253 e. The third-order valence-electron chi connectivity index (χ3n) is 5.16. The van der Waals surface area contributed by atoms with Crippen molar-refractivity contribution in [3.05, 3.63) is 70.2 Å². The number of rotatable bonds is 5.